The number of esters is 1. The standard InChI is InChI=1S/C17H11BrO4/c1-10(19)21-13-6-7-14-15(9-13)22-16(17(14)20)8-11-2-4-12(18)5-3-11/h2-9H,1H3/b16-8-. The van der Waals surface area contributed by atoms with Gasteiger partial charge in [-0.3, -0.25) is 9.59 Å². The zero-order valence-corrected chi connectivity index (χ0v) is 13.2. The number of halogens is 1. The lowest BCUT2D eigenvalue weighted by atomic mass is 10.1. The van der Waals surface area contributed by atoms with Gasteiger partial charge in [-0.25, -0.2) is 0 Å². The van der Waals surface area contributed by atoms with Crippen LogP contribution in [-0.2, 0) is 4.79 Å². The predicted octanol–water partition coefficient (Wildman–Crippen LogP) is 3.99. The third-order valence-electron chi connectivity index (χ3n) is 3.07. The number of Topliss-reactive ketones (excluding diaryl/α,β-unsaturated/α-hetero) is 1. The summed E-state index contributed by atoms with van der Waals surface area (Å²) < 4.78 is 11.5. The molecule has 1 heterocycles. The van der Waals surface area contributed by atoms with E-state index in [9.17, 15) is 9.59 Å². The third-order valence-corrected chi connectivity index (χ3v) is 3.60. The molecule has 0 amide bonds. The number of carbonyl (C=O) groups excluding carboxylic acids is 2. The van der Waals surface area contributed by atoms with E-state index in [2.05, 4.69) is 15.9 Å². The van der Waals surface area contributed by atoms with Gasteiger partial charge < -0.3 is 9.47 Å². The zero-order valence-electron chi connectivity index (χ0n) is 11.6. The van der Waals surface area contributed by atoms with Crippen molar-refractivity contribution in [2.24, 2.45) is 0 Å². The molecule has 4 nitrogen and oxygen atoms in total. The molecule has 1 aliphatic rings. The number of fused-ring (bicyclic) bond motifs is 1. The second-order valence-corrected chi connectivity index (χ2v) is 5.66. The fourth-order valence-electron chi connectivity index (χ4n) is 2.11. The molecule has 5 heteroatoms. The van der Waals surface area contributed by atoms with Crippen LogP contribution in [0.15, 0.2) is 52.7 Å². The second kappa shape index (κ2) is 5.77. The molecular weight excluding hydrogens is 348 g/mol. The molecule has 2 aromatic rings. The van der Waals surface area contributed by atoms with Gasteiger partial charge in [-0.1, -0.05) is 28.1 Å². The Balaban J connectivity index is 1.90. The molecular formula is C17H11BrO4. The fraction of sp³-hybridized carbons (Fsp3) is 0.0588. The summed E-state index contributed by atoms with van der Waals surface area (Å²) in [6.07, 6.45) is 1.68. The Morgan fingerprint density at radius 2 is 1.91 bits per heavy atom. The van der Waals surface area contributed by atoms with E-state index >= 15 is 0 Å². The molecule has 0 N–H and O–H groups in total. The van der Waals surface area contributed by atoms with E-state index < -0.39 is 5.97 Å². The number of carbonyl (C=O) groups is 2. The van der Waals surface area contributed by atoms with Gasteiger partial charge in [0.1, 0.15) is 11.5 Å². The number of hydrogen-bond donors (Lipinski definition) is 0. The zero-order chi connectivity index (χ0) is 15.7. The monoisotopic (exact) mass is 358 g/mol. The summed E-state index contributed by atoms with van der Waals surface area (Å²) in [6, 6.07) is 12.2. The van der Waals surface area contributed by atoms with Crippen molar-refractivity contribution in [1.29, 1.82) is 0 Å². The molecule has 0 saturated heterocycles. The molecule has 110 valence electrons. The topological polar surface area (TPSA) is 52.6 Å². The van der Waals surface area contributed by atoms with Gasteiger partial charge in [-0.15, -0.1) is 0 Å². The van der Waals surface area contributed by atoms with Gasteiger partial charge in [0.25, 0.3) is 0 Å². The van der Waals surface area contributed by atoms with Gasteiger partial charge in [-0.05, 0) is 35.9 Å². The Morgan fingerprint density at radius 1 is 1.18 bits per heavy atom. The predicted molar refractivity (Wildman–Crippen MR) is 84.8 cm³/mol. The van der Waals surface area contributed by atoms with Crippen LogP contribution in [0.1, 0.15) is 22.8 Å². The minimum absolute atomic E-state index is 0.188. The molecule has 0 aliphatic carbocycles. The first kappa shape index (κ1) is 14.5. The molecule has 0 spiro atoms. The van der Waals surface area contributed by atoms with Crippen LogP contribution in [0.5, 0.6) is 11.5 Å². The highest BCUT2D eigenvalue weighted by Crippen LogP contribution is 2.35. The minimum Gasteiger partial charge on any atom is -0.452 e. The Hall–Kier alpha value is -2.40. The maximum absolute atomic E-state index is 12.3. The maximum atomic E-state index is 12.3. The summed E-state index contributed by atoms with van der Waals surface area (Å²) >= 11 is 3.36. The lowest BCUT2D eigenvalue weighted by Gasteiger charge is -2.02. The Labute approximate surface area is 135 Å². The number of hydrogen-bond acceptors (Lipinski definition) is 4. The number of benzene rings is 2. The third kappa shape index (κ3) is 2.94. The molecule has 0 saturated carbocycles. The molecule has 0 bridgehead atoms. The summed E-state index contributed by atoms with van der Waals surface area (Å²) in [5.41, 5.74) is 1.32. The summed E-state index contributed by atoms with van der Waals surface area (Å²) in [4.78, 5) is 23.3. The van der Waals surface area contributed by atoms with Gasteiger partial charge in [-0.2, -0.15) is 0 Å². The van der Waals surface area contributed by atoms with Crippen LogP contribution < -0.4 is 9.47 Å². The second-order valence-electron chi connectivity index (χ2n) is 4.74. The van der Waals surface area contributed by atoms with Gasteiger partial charge in [0.15, 0.2) is 5.76 Å². The van der Waals surface area contributed by atoms with Crippen LogP contribution in [0.2, 0.25) is 0 Å². The van der Waals surface area contributed by atoms with E-state index in [1.54, 1.807) is 18.2 Å². The highest BCUT2D eigenvalue weighted by Gasteiger charge is 2.27. The first-order valence-electron chi connectivity index (χ1n) is 6.55. The average Bonchev–Trinajstić information content (AvgIpc) is 2.77. The van der Waals surface area contributed by atoms with Crippen LogP contribution in [0.3, 0.4) is 0 Å². The number of ketones is 1. The lowest BCUT2D eigenvalue weighted by Crippen LogP contribution is -2.01. The van der Waals surface area contributed by atoms with Crippen LogP contribution in [-0.4, -0.2) is 11.8 Å². The molecule has 0 aromatic heterocycles. The summed E-state index contributed by atoms with van der Waals surface area (Å²) in [5, 5.41) is 0. The van der Waals surface area contributed by atoms with Gasteiger partial charge in [0.05, 0.1) is 5.56 Å². The molecule has 0 fully saturated rings. The summed E-state index contributed by atoms with van der Waals surface area (Å²) in [7, 11) is 0. The minimum atomic E-state index is -0.421. The smallest absolute Gasteiger partial charge is 0.308 e. The Kier molecular flexibility index (Phi) is 3.81. The molecule has 0 atom stereocenters. The van der Waals surface area contributed by atoms with Crippen molar-refractivity contribution in [3.05, 3.63) is 63.8 Å². The normalized spacial score (nSPS) is 14.6. The van der Waals surface area contributed by atoms with Crippen molar-refractivity contribution < 1.29 is 19.1 Å². The quantitative estimate of drug-likeness (QED) is 0.462. The van der Waals surface area contributed by atoms with Crippen molar-refractivity contribution >= 4 is 33.8 Å². The molecule has 1 aliphatic heterocycles. The largest absolute Gasteiger partial charge is 0.452 e. The van der Waals surface area contributed by atoms with E-state index in [-0.39, 0.29) is 11.5 Å². The Bertz CT molecular complexity index is 791. The molecule has 22 heavy (non-hydrogen) atoms. The van der Waals surface area contributed by atoms with Crippen molar-refractivity contribution in [3.63, 3.8) is 0 Å². The van der Waals surface area contributed by atoms with Gasteiger partial charge in [0.2, 0.25) is 5.78 Å². The summed E-state index contributed by atoms with van der Waals surface area (Å²) in [6.45, 7) is 1.32. The molecule has 3 rings (SSSR count). The highest BCUT2D eigenvalue weighted by molar-refractivity contribution is 9.10. The van der Waals surface area contributed by atoms with Crippen molar-refractivity contribution in [2.75, 3.05) is 0 Å². The van der Waals surface area contributed by atoms with E-state index in [1.807, 2.05) is 24.3 Å². The first-order valence-corrected chi connectivity index (χ1v) is 7.34. The van der Waals surface area contributed by atoms with Crippen molar-refractivity contribution in [3.8, 4) is 11.5 Å². The number of ether oxygens (including phenoxy) is 2. The van der Waals surface area contributed by atoms with E-state index in [1.165, 1.54) is 13.0 Å². The van der Waals surface area contributed by atoms with Crippen molar-refractivity contribution in [1.82, 2.24) is 0 Å². The van der Waals surface area contributed by atoms with Crippen LogP contribution in [0.4, 0.5) is 0 Å². The van der Waals surface area contributed by atoms with E-state index in [4.69, 9.17) is 9.47 Å². The fourth-order valence-corrected chi connectivity index (χ4v) is 2.37. The first-order chi connectivity index (χ1) is 10.5. The van der Waals surface area contributed by atoms with Crippen LogP contribution >= 0.6 is 15.9 Å². The SMILES string of the molecule is CC(=O)Oc1ccc2c(c1)O/C(=C\c1ccc(Br)cc1)C2=O. The number of rotatable bonds is 2. The molecule has 0 radical (unpaired) electrons. The molecule has 2 aromatic carbocycles. The van der Waals surface area contributed by atoms with Crippen LogP contribution in [0, 0.1) is 0 Å². The van der Waals surface area contributed by atoms with Crippen molar-refractivity contribution in [2.45, 2.75) is 6.92 Å². The van der Waals surface area contributed by atoms with E-state index in [0.29, 0.717) is 17.1 Å². The van der Waals surface area contributed by atoms with Gasteiger partial charge >= 0.3 is 5.97 Å². The van der Waals surface area contributed by atoms with Crippen LogP contribution in [0.25, 0.3) is 6.08 Å². The Morgan fingerprint density at radius 3 is 2.59 bits per heavy atom. The summed E-state index contributed by atoms with van der Waals surface area (Å²) in [5.74, 6) is 0.385. The van der Waals surface area contributed by atoms with E-state index in [0.717, 1.165) is 10.0 Å². The average molecular weight is 359 g/mol. The van der Waals surface area contributed by atoms with Gasteiger partial charge in [0, 0.05) is 17.5 Å². The molecule has 0 unspecified atom stereocenters. The number of allylic oxidation sites excluding steroid dienone is 1. The lowest BCUT2D eigenvalue weighted by molar-refractivity contribution is -0.131. The highest BCUT2D eigenvalue weighted by atomic mass is 79.9. The maximum Gasteiger partial charge on any atom is 0.308 e.